The maximum absolute atomic E-state index is 11.9. The topological polar surface area (TPSA) is 53.2 Å². The Labute approximate surface area is 114 Å². The summed E-state index contributed by atoms with van der Waals surface area (Å²) in [6, 6.07) is 10.3. The fourth-order valence-electron chi connectivity index (χ4n) is 3.02. The van der Waals surface area contributed by atoms with Crippen molar-refractivity contribution in [3.8, 4) is 0 Å². The van der Waals surface area contributed by atoms with E-state index in [1.54, 1.807) is 0 Å². The van der Waals surface area contributed by atoms with E-state index in [1.165, 1.54) is 12.8 Å². The van der Waals surface area contributed by atoms with E-state index in [9.17, 15) is 4.79 Å². The van der Waals surface area contributed by atoms with Gasteiger partial charge in [0.25, 0.3) is 0 Å². The number of rotatable bonds is 3. The Hall–Kier alpha value is -1.55. The first kappa shape index (κ1) is 12.5. The Morgan fingerprint density at radius 1 is 1.26 bits per heavy atom. The molecule has 0 radical (unpaired) electrons. The van der Waals surface area contributed by atoms with Crippen molar-refractivity contribution < 1.29 is 4.79 Å². The predicted octanol–water partition coefficient (Wildman–Crippen LogP) is 1.63. The number of urea groups is 1. The van der Waals surface area contributed by atoms with E-state index in [1.807, 2.05) is 30.3 Å². The van der Waals surface area contributed by atoms with Crippen LogP contribution in [0.4, 0.5) is 4.79 Å². The van der Waals surface area contributed by atoms with E-state index < -0.39 is 0 Å². The monoisotopic (exact) mass is 259 g/mol. The molecule has 2 fully saturated rings. The number of nitrogens with one attached hydrogen (secondary N) is 3. The first-order valence-corrected chi connectivity index (χ1v) is 7.08. The zero-order chi connectivity index (χ0) is 13.1. The van der Waals surface area contributed by atoms with E-state index in [4.69, 9.17) is 0 Å². The third-order valence-corrected chi connectivity index (χ3v) is 4.39. The fourth-order valence-corrected chi connectivity index (χ4v) is 3.02. The van der Waals surface area contributed by atoms with Crippen LogP contribution in [-0.4, -0.2) is 25.2 Å². The van der Waals surface area contributed by atoms with Crippen molar-refractivity contribution >= 4 is 6.03 Å². The van der Waals surface area contributed by atoms with Crippen molar-refractivity contribution in [2.45, 2.75) is 31.8 Å². The van der Waals surface area contributed by atoms with Crippen molar-refractivity contribution in [2.24, 2.45) is 5.41 Å². The third kappa shape index (κ3) is 2.89. The second kappa shape index (κ2) is 5.21. The van der Waals surface area contributed by atoms with Gasteiger partial charge in [0.1, 0.15) is 0 Å². The lowest BCUT2D eigenvalue weighted by molar-refractivity contribution is 0.236. The first-order valence-electron chi connectivity index (χ1n) is 7.08. The van der Waals surface area contributed by atoms with Crippen LogP contribution in [0.5, 0.6) is 0 Å². The van der Waals surface area contributed by atoms with Gasteiger partial charge in [-0.1, -0.05) is 30.3 Å². The number of piperidine rings is 1. The highest BCUT2D eigenvalue weighted by Gasteiger charge is 2.54. The van der Waals surface area contributed by atoms with Crippen LogP contribution in [0.25, 0.3) is 0 Å². The summed E-state index contributed by atoms with van der Waals surface area (Å²) in [5.74, 6) is 0. The minimum atomic E-state index is -0.0377. The van der Waals surface area contributed by atoms with Gasteiger partial charge in [0.15, 0.2) is 0 Å². The summed E-state index contributed by atoms with van der Waals surface area (Å²) in [6.07, 6.45) is 3.53. The van der Waals surface area contributed by atoms with Crippen molar-refractivity contribution in [3.05, 3.63) is 35.9 Å². The molecule has 1 saturated carbocycles. The van der Waals surface area contributed by atoms with Gasteiger partial charge in [0.2, 0.25) is 0 Å². The van der Waals surface area contributed by atoms with Crippen molar-refractivity contribution in [2.75, 3.05) is 13.1 Å². The molecule has 4 heteroatoms. The molecule has 19 heavy (non-hydrogen) atoms. The molecule has 1 heterocycles. The summed E-state index contributed by atoms with van der Waals surface area (Å²) >= 11 is 0. The Balaban J connectivity index is 1.43. The Kier molecular flexibility index (Phi) is 3.42. The molecule has 1 aromatic carbocycles. The summed E-state index contributed by atoms with van der Waals surface area (Å²) in [4.78, 5) is 11.9. The van der Waals surface area contributed by atoms with Gasteiger partial charge in [-0.25, -0.2) is 4.79 Å². The molecular formula is C15H21N3O. The summed E-state index contributed by atoms with van der Waals surface area (Å²) in [5.41, 5.74) is 1.53. The molecule has 3 N–H and O–H groups in total. The van der Waals surface area contributed by atoms with E-state index in [2.05, 4.69) is 16.0 Å². The van der Waals surface area contributed by atoms with E-state index in [-0.39, 0.29) is 6.03 Å². The van der Waals surface area contributed by atoms with Crippen LogP contribution in [0.1, 0.15) is 24.8 Å². The van der Waals surface area contributed by atoms with Gasteiger partial charge in [-0.15, -0.1) is 0 Å². The highest BCUT2D eigenvalue weighted by Crippen LogP contribution is 2.52. The molecule has 3 rings (SSSR count). The van der Waals surface area contributed by atoms with Gasteiger partial charge in [0.05, 0.1) is 0 Å². The minimum Gasteiger partial charge on any atom is -0.335 e. The summed E-state index contributed by atoms with van der Waals surface area (Å²) in [7, 11) is 0. The molecule has 2 amide bonds. The number of carbonyl (C=O) groups excluding carboxylic acids is 1. The maximum atomic E-state index is 11.9. The molecule has 0 bridgehead atoms. The second-order valence-corrected chi connectivity index (χ2v) is 5.68. The largest absolute Gasteiger partial charge is 0.335 e. The lowest BCUT2D eigenvalue weighted by atomic mass is 9.94. The van der Waals surface area contributed by atoms with Crippen LogP contribution >= 0.6 is 0 Å². The molecule has 2 aliphatic rings. The van der Waals surface area contributed by atoms with Crippen LogP contribution in [0.15, 0.2) is 30.3 Å². The van der Waals surface area contributed by atoms with Gasteiger partial charge < -0.3 is 16.0 Å². The highest BCUT2D eigenvalue weighted by atomic mass is 16.2. The van der Waals surface area contributed by atoms with Crippen molar-refractivity contribution in [1.82, 2.24) is 16.0 Å². The number of amides is 2. The van der Waals surface area contributed by atoms with E-state index in [0.29, 0.717) is 18.0 Å². The third-order valence-electron chi connectivity index (χ3n) is 4.39. The summed E-state index contributed by atoms with van der Waals surface area (Å²) in [5, 5.41) is 9.41. The zero-order valence-electron chi connectivity index (χ0n) is 11.1. The maximum Gasteiger partial charge on any atom is 0.315 e. The molecule has 102 valence electrons. The molecule has 1 atom stereocenters. The first-order chi connectivity index (χ1) is 9.28. The molecule has 1 aliphatic heterocycles. The SMILES string of the molecule is O=C(NCc1ccccc1)NC1CC12CCNCC2. The minimum absolute atomic E-state index is 0.0377. The molecule has 1 saturated heterocycles. The number of hydrogen-bond donors (Lipinski definition) is 3. The molecular weight excluding hydrogens is 238 g/mol. The molecule has 1 aliphatic carbocycles. The molecule has 1 aromatic rings. The van der Waals surface area contributed by atoms with Crippen LogP contribution in [-0.2, 0) is 6.54 Å². The highest BCUT2D eigenvalue weighted by molar-refractivity contribution is 5.74. The van der Waals surface area contributed by atoms with Gasteiger partial charge in [-0.2, -0.15) is 0 Å². The number of hydrogen-bond acceptors (Lipinski definition) is 2. The fraction of sp³-hybridized carbons (Fsp3) is 0.533. The standard InChI is InChI=1S/C15H21N3O/c19-14(17-11-12-4-2-1-3-5-12)18-13-10-15(13)6-8-16-9-7-15/h1-5,13,16H,6-11H2,(H2,17,18,19). The number of carbonyl (C=O) groups is 1. The Morgan fingerprint density at radius 2 is 2.00 bits per heavy atom. The van der Waals surface area contributed by atoms with Gasteiger partial charge in [-0.05, 0) is 43.3 Å². The average Bonchev–Trinajstić information content (AvgIpc) is 3.10. The van der Waals surface area contributed by atoms with Crippen molar-refractivity contribution in [1.29, 1.82) is 0 Å². The Bertz CT molecular complexity index is 440. The lowest BCUT2D eigenvalue weighted by Gasteiger charge is -2.23. The van der Waals surface area contributed by atoms with E-state index >= 15 is 0 Å². The second-order valence-electron chi connectivity index (χ2n) is 5.68. The smallest absolute Gasteiger partial charge is 0.315 e. The van der Waals surface area contributed by atoms with Crippen LogP contribution in [0.3, 0.4) is 0 Å². The summed E-state index contributed by atoms with van der Waals surface area (Å²) < 4.78 is 0. The zero-order valence-corrected chi connectivity index (χ0v) is 11.1. The Morgan fingerprint density at radius 3 is 2.74 bits per heavy atom. The van der Waals surface area contributed by atoms with Crippen LogP contribution in [0, 0.1) is 5.41 Å². The quantitative estimate of drug-likeness (QED) is 0.773. The normalized spacial score (nSPS) is 23.9. The molecule has 1 spiro atoms. The molecule has 4 nitrogen and oxygen atoms in total. The van der Waals surface area contributed by atoms with Crippen LogP contribution in [0.2, 0.25) is 0 Å². The van der Waals surface area contributed by atoms with Crippen LogP contribution < -0.4 is 16.0 Å². The van der Waals surface area contributed by atoms with Gasteiger partial charge >= 0.3 is 6.03 Å². The molecule has 1 unspecified atom stereocenters. The van der Waals surface area contributed by atoms with Gasteiger partial charge in [-0.3, -0.25) is 0 Å². The van der Waals surface area contributed by atoms with Crippen molar-refractivity contribution in [3.63, 3.8) is 0 Å². The lowest BCUT2D eigenvalue weighted by Crippen LogP contribution is -2.40. The average molecular weight is 259 g/mol. The van der Waals surface area contributed by atoms with E-state index in [0.717, 1.165) is 25.1 Å². The van der Waals surface area contributed by atoms with Gasteiger partial charge in [0, 0.05) is 12.6 Å². The number of benzene rings is 1. The molecule has 0 aromatic heterocycles. The summed E-state index contributed by atoms with van der Waals surface area (Å²) in [6.45, 7) is 2.77. The predicted molar refractivity (Wildman–Crippen MR) is 74.8 cm³/mol.